The van der Waals surface area contributed by atoms with E-state index in [0.29, 0.717) is 18.4 Å². The fourth-order valence-electron chi connectivity index (χ4n) is 2.50. The number of methoxy groups -OCH3 is 1. The highest BCUT2D eigenvalue weighted by atomic mass is 16.5. The van der Waals surface area contributed by atoms with Gasteiger partial charge in [-0.2, -0.15) is 0 Å². The van der Waals surface area contributed by atoms with Crippen LogP contribution in [0.1, 0.15) is 37.0 Å². The van der Waals surface area contributed by atoms with Crippen LogP contribution in [0.15, 0.2) is 36.7 Å². The maximum absolute atomic E-state index is 12.8. The predicted molar refractivity (Wildman–Crippen MR) is 76.4 cm³/mol. The van der Waals surface area contributed by atoms with Gasteiger partial charge in [-0.3, -0.25) is 9.78 Å². The van der Waals surface area contributed by atoms with E-state index in [2.05, 4.69) is 4.98 Å². The molecule has 0 amide bonds. The molecule has 0 aliphatic heterocycles. The molecule has 0 radical (unpaired) electrons. The Morgan fingerprint density at radius 3 is 2.53 bits per heavy atom. The number of hydrogen-bond donors (Lipinski definition) is 0. The van der Waals surface area contributed by atoms with Crippen LogP contribution in [0, 0.1) is 0 Å². The van der Waals surface area contributed by atoms with Crippen LogP contribution in [0.5, 0.6) is 0 Å². The molecular formula is C16H19NO2. The lowest BCUT2D eigenvalue weighted by molar-refractivity contribution is -0.00249. The van der Waals surface area contributed by atoms with E-state index in [4.69, 9.17) is 4.74 Å². The number of hydrogen-bond acceptors (Lipinski definition) is 3. The molecule has 2 rings (SSSR count). The van der Waals surface area contributed by atoms with Gasteiger partial charge in [-0.1, -0.05) is 38.1 Å². The summed E-state index contributed by atoms with van der Waals surface area (Å²) >= 11 is 0. The zero-order chi connectivity index (χ0) is 13.9. The largest absolute Gasteiger partial charge is 0.370 e. The topological polar surface area (TPSA) is 39.2 Å². The van der Waals surface area contributed by atoms with E-state index in [1.807, 2.05) is 38.1 Å². The maximum atomic E-state index is 12.8. The van der Waals surface area contributed by atoms with Gasteiger partial charge in [0.2, 0.25) is 0 Å². The van der Waals surface area contributed by atoms with Crippen LogP contribution >= 0.6 is 0 Å². The highest BCUT2D eigenvalue weighted by molar-refractivity contribution is 6.11. The fourth-order valence-corrected chi connectivity index (χ4v) is 2.50. The van der Waals surface area contributed by atoms with Gasteiger partial charge in [-0.25, -0.2) is 0 Å². The first-order chi connectivity index (χ1) is 9.18. The molecule has 3 heteroatoms. The molecule has 1 aromatic carbocycles. The number of ketones is 1. The van der Waals surface area contributed by atoms with Gasteiger partial charge in [0, 0.05) is 30.5 Å². The minimum atomic E-state index is -0.744. The Morgan fingerprint density at radius 2 is 1.89 bits per heavy atom. The first-order valence-corrected chi connectivity index (χ1v) is 6.61. The Labute approximate surface area is 113 Å². The first-order valence-electron chi connectivity index (χ1n) is 6.61. The summed E-state index contributed by atoms with van der Waals surface area (Å²) in [7, 11) is 1.60. The van der Waals surface area contributed by atoms with Crippen molar-refractivity contribution in [2.24, 2.45) is 0 Å². The molecule has 100 valence electrons. The Hall–Kier alpha value is -1.74. The van der Waals surface area contributed by atoms with Gasteiger partial charge in [0.05, 0.1) is 0 Å². The third-order valence-corrected chi connectivity index (χ3v) is 3.86. The first kappa shape index (κ1) is 13.7. The quantitative estimate of drug-likeness (QED) is 0.768. The summed E-state index contributed by atoms with van der Waals surface area (Å²) in [6, 6.07) is 7.80. The number of rotatable bonds is 5. The summed E-state index contributed by atoms with van der Waals surface area (Å²) in [4.78, 5) is 17.0. The standard InChI is InChI=1S/C16H19NO2/c1-4-16(5-2,19-3)15(18)14-11-17-10-12-8-6-7-9-13(12)14/h6-11H,4-5H2,1-3H3. The average Bonchev–Trinajstić information content (AvgIpc) is 2.49. The molecule has 0 unspecified atom stereocenters. The minimum absolute atomic E-state index is 0.0179. The monoisotopic (exact) mass is 257 g/mol. The lowest BCUT2D eigenvalue weighted by Gasteiger charge is -2.28. The second-order valence-electron chi connectivity index (χ2n) is 4.64. The highest BCUT2D eigenvalue weighted by Crippen LogP contribution is 2.28. The van der Waals surface area contributed by atoms with Crippen LogP contribution in [0.2, 0.25) is 0 Å². The summed E-state index contributed by atoms with van der Waals surface area (Å²) < 4.78 is 5.52. The van der Waals surface area contributed by atoms with E-state index in [1.165, 1.54) is 0 Å². The summed E-state index contributed by atoms with van der Waals surface area (Å²) in [6.45, 7) is 3.95. The number of benzene rings is 1. The van der Waals surface area contributed by atoms with Crippen molar-refractivity contribution < 1.29 is 9.53 Å². The zero-order valence-corrected chi connectivity index (χ0v) is 11.6. The van der Waals surface area contributed by atoms with Crippen molar-refractivity contribution >= 4 is 16.6 Å². The minimum Gasteiger partial charge on any atom is -0.370 e. The van der Waals surface area contributed by atoms with E-state index in [0.717, 1.165) is 10.8 Å². The molecule has 0 aliphatic rings. The summed E-state index contributed by atoms with van der Waals surface area (Å²) in [5.74, 6) is 0.0179. The molecule has 0 bridgehead atoms. The van der Waals surface area contributed by atoms with Gasteiger partial charge in [0.1, 0.15) is 5.60 Å². The Kier molecular flexibility index (Phi) is 3.96. The van der Waals surface area contributed by atoms with Gasteiger partial charge in [-0.05, 0) is 18.2 Å². The van der Waals surface area contributed by atoms with E-state index < -0.39 is 5.60 Å². The number of aromatic nitrogens is 1. The number of nitrogens with zero attached hydrogens (tertiary/aromatic N) is 1. The van der Waals surface area contributed by atoms with Crippen molar-refractivity contribution in [3.63, 3.8) is 0 Å². The van der Waals surface area contributed by atoms with Crippen LogP contribution in [-0.4, -0.2) is 23.5 Å². The second kappa shape index (κ2) is 5.49. The predicted octanol–water partition coefficient (Wildman–Crippen LogP) is 3.62. The van der Waals surface area contributed by atoms with Gasteiger partial charge in [0.15, 0.2) is 5.78 Å². The normalized spacial score (nSPS) is 11.7. The van der Waals surface area contributed by atoms with Crippen LogP contribution in [0.3, 0.4) is 0 Å². The van der Waals surface area contributed by atoms with Crippen molar-refractivity contribution in [3.05, 3.63) is 42.2 Å². The van der Waals surface area contributed by atoms with Gasteiger partial charge in [0.25, 0.3) is 0 Å². The molecule has 0 saturated heterocycles. The number of Topliss-reactive ketones (excluding diaryl/α,β-unsaturated/α-hetero) is 1. The number of carbonyl (C=O) groups is 1. The summed E-state index contributed by atoms with van der Waals surface area (Å²) in [5, 5.41) is 1.91. The van der Waals surface area contributed by atoms with Crippen molar-refractivity contribution in [2.75, 3.05) is 7.11 Å². The highest BCUT2D eigenvalue weighted by Gasteiger charge is 2.36. The van der Waals surface area contributed by atoms with E-state index >= 15 is 0 Å². The maximum Gasteiger partial charge on any atom is 0.196 e. The number of pyridine rings is 1. The lowest BCUT2D eigenvalue weighted by atomic mass is 9.86. The summed E-state index contributed by atoms with van der Waals surface area (Å²) in [5.41, 5.74) is -0.102. The van der Waals surface area contributed by atoms with Crippen molar-refractivity contribution in [2.45, 2.75) is 32.3 Å². The van der Waals surface area contributed by atoms with Gasteiger partial charge >= 0.3 is 0 Å². The molecule has 1 aromatic heterocycles. The third kappa shape index (κ3) is 2.26. The van der Waals surface area contributed by atoms with E-state index in [-0.39, 0.29) is 5.78 Å². The molecular weight excluding hydrogens is 238 g/mol. The lowest BCUT2D eigenvalue weighted by Crippen LogP contribution is -2.39. The molecule has 0 saturated carbocycles. The fraction of sp³-hybridized carbons (Fsp3) is 0.375. The van der Waals surface area contributed by atoms with Crippen LogP contribution in [0.4, 0.5) is 0 Å². The van der Waals surface area contributed by atoms with Crippen molar-refractivity contribution in [1.29, 1.82) is 0 Å². The molecule has 19 heavy (non-hydrogen) atoms. The molecule has 0 atom stereocenters. The Bertz CT molecular complexity index is 575. The molecule has 3 nitrogen and oxygen atoms in total. The van der Waals surface area contributed by atoms with Crippen LogP contribution in [0.25, 0.3) is 10.8 Å². The third-order valence-electron chi connectivity index (χ3n) is 3.86. The van der Waals surface area contributed by atoms with Gasteiger partial charge in [-0.15, -0.1) is 0 Å². The average molecular weight is 257 g/mol. The van der Waals surface area contributed by atoms with Crippen LogP contribution in [-0.2, 0) is 4.74 Å². The molecule has 0 N–H and O–H groups in total. The SMILES string of the molecule is CCC(CC)(OC)C(=O)c1cncc2ccccc12. The van der Waals surface area contributed by atoms with Crippen molar-refractivity contribution in [1.82, 2.24) is 4.98 Å². The molecule has 0 aliphatic carbocycles. The molecule has 1 heterocycles. The molecule has 2 aromatic rings. The Morgan fingerprint density at radius 1 is 1.21 bits per heavy atom. The smallest absolute Gasteiger partial charge is 0.196 e. The number of ether oxygens (including phenoxy) is 1. The van der Waals surface area contributed by atoms with E-state index in [9.17, 15) is 4.79 Å². The molecule has 0 fully saturated rings. The Balaban J connectivity index is 2.58. The molecule has 0 spiro atoms. The van der Waals surface area contributed by atoms with E-state index in [1.54, 1.807) is 19.5 Å². The van der Waals surface area contributed by atoms with Crippen LogP contribution < -0.4 is 0 Å². The number of carbonyl (C=O) groups excluding carboxylic acids is 1. The van der Waals surface area contributed by atoms with Crippen molar-refractivity contribution in [3.8, 4) is 0 Å². The number of fused-ring (bicyclic) bond motifs is 1. The summed E-state index contributed by atoms with van der Waals surface area (Å²) in [6.07, 6.45) is 4.73. The second-order valence-corrected chi connectivity index (χ2v) is 4.64. The van der Waals surface area contributed by atoms with Gasteiger partial charge < -0.3 is 4.74 Å². The zero-order valence-electron chi connectivity index (χ0n) is 11.6.